The number of alkyl halides is 1. The van der Waals surface area contributed by atoms with Gasteiger partial charge in [-0.3, -0.25) is 0 Å². The van der Waals surface area contributed by atoms with Gasteiger partial charge in [-0.25, -0.2) is 0 Å². The van der Waals surface area contributed by atoms with Crippen LogP contribution in [0.25, 0.3) is 0 Å². The lowest BCUT2D eigenvalue weighted by molar-refractivity contribution is 0.117. The molecular formula is C8H11ClO. The highest BCUT2D eigenvalue weighted by Crippen LogP contribution is 2.21. The van der Waals surface area contributed by atoms with E-state index in [1.165, 1.54) is 5.57 Å². The first kappa shape index (κ1) is 7.83. The Bertz CT molecular complexity index is 184. The van der Waals surface area contributed by atoms with Gasteiger partial charge in [0.05, 0.1) is 11.5 Å². The van der Waals surface area contributed by atoms with Gasteiger partial charge in [0.2, 0.25) is 0 Å². The van der Waals surface area contributed by atoms with Crippen LogP contribution in [-0.4, -0.2) is 16.6 Å². The van der Waals surface area contributed by atoms with Crippen molar-refractivity contribution in [2.45, 2.75) is 18.9 Å². The van der Waals surface area contributed by atoms with E-state index in [1.807, 2.05) is 19.1 Å². The number of rotatable bonds is 1. The van der Waals surface area contributed by atoms with Crippen LogP contribution in [0.1, 0.15) is 13.3 Å². The maximum Gasteiger partial charge on any atom is 0.1000 e. The fourth-order valence-electron chi connectivity index (χ4n) is 0.859. The normalized spacial score (nSPS) is 32.1. The van der Waals surface area contributed by atoms with Crippen molar-refractivity contribution in [2.24, 2.45) is 0 Å². The van der Waals surface area contributed by atoms with Crippen molar-refractivity contribution < 1.29 is 5.11 Å². The third kappa shape index (κ3) is 1.61. The van der Waals surface area contributed by atoms with Crippen molar-refractivity contribution in [3.05, 3.63) is 23.8 Å². The van der Waals surface area contributed by atoms with Crippen LogP contribution in [0.2, 0.25) is 0 Å². The summed E-state index contributed by atoms with van der Waals surface area (Å²) in [6.45, 7) is 2.00. The molecule has 0 spiro atoms. The first-order chi connectivity index (χ1) is 4.66. The van der Waals surface area contributed by atoms with Gasteiger partial charge in [0.1, 0.15) is 0 Å². The predicted molar refractivity (Wildman–Crippen MR) is 43.2 cm³/mol. The lowest BCUT2D eigenvalue weighted by Gasteiger charge is -2.22. The summed E-state index contributed by atoms with van der Waals surface area (Å²) in [6, 6.07) is 0. The van der Waals surface area contributed by atoms with Crippen LogP contribution in [-0.2, 0) is 0 Å². The molecule has 0 aliphatic heterocycles. The quantitative estimate of drug-likeness (QED) is 0.578. The molecule has 1 unspecified atom stereocenters. The summed E-state index contributed by atoms with van der Waals surface area (Å²) in [7, 11) is 0. The third-order valence-electron chi connectivity index (χ3n) is 1.67. The van der Waals surface area contributed by atoms with Crippen LogP contribution in [0.5, 0.6) is 0 Å². The summed E-state index contributed by atoms with van der Waals surface area (Å²) in [4.78, 5) is 0. The number of hydrogen-bond donors (Lipinski definition) is 1. The van der Waals surface area contributed by atoms with Crippen LogP contribution in [0.15, 0.2) is 23.8 Å². The van der Waals surface area contributed by atoms with Crippen LogP contribution < -0.4 is 0 Å². The molecule has 2 heteroatoms. The minimum absolute atomic E-state index is 0.271. The van der Waals surface area contributed by atoms with E-state index in [0.717, 1.165) is 0 Å². The first-order valence-electron chi connectivity index (χ1n) is 3.31. The van der Waals surface area contributed by atoms with Gasteiger partial charge in [0.25, 0.3) is 0 Å². The lowest BCUT2D eigenvalue weighted by atomic mass is 9.95. The molecule has 0 amide bonds. The minimum atomic E-state index is -0.791. The van der Waals surface area contributed by atoms with Crippen molar-refractivity contribution >= 4 is 11.6 Å². The maximum atomic E-state index is 9.53. The van der Waals surface area contributed by atoms with Gasteiger partial charge in [-0.2, -0.15) is 0 Å². The molecule has 0 saturated heterocycles. The van der Waals surface area contributed by atoms with Crippen molar-refractivity contribution in [1.29, 1.82) is 0 Å². The van der Waals surface area contributed by atoms with E-state index >= 15 is 0 Å². The molecule has 56 valence electrons. The molecule has 0 radical (unpaired) electrons. The molecule has 0 saturated carbocycles. The van der Waals surface area contributed by atoms with Gasteiger partial charge in [-0.05, 0) is 13.3 Å². The summed E-state index contributed by atoms with van der Waals surface area (Å²) >= 11 is 5.54. The summed E-state index contributed by atoms with van der Waals surface area (Å²) < 4.78 is 0. The SMILES string of the molecule is CC1=CCC(O)(CCl)C=C1. The van der Waals surface area contributed by atoms with Crippen molar-refractivity contribution in [3.63, 3.8) is 0 Å². The number of halogens is 1. The molecule has 0 aromatic carbocycles. The average molecular weight is 159 g/mol. The van der Waals surface area contributed by atoms with E-state index in [2.05, 4.69) is 0 Å². The molecule has 1 N–H and O–H groups in total. The zero-order chi connectivity index (χ0) is 7.61. The van der Waals surface area contributed by atoms with Crippen LogP contribution in [0.3, 0.4) is 0 Å². The van der Waals surface area contributed by atoms with Gasteiger partial charge in [0.15, 0.2) is 0 Å². The molecule has 1 atom stereocenters. The Kier molecular flexibility index (Phi) is 2.17. The summed E-state index contributed by atoms with van der Waals surface area (Å²) in [5.74, 6) is 0.271. The monoisotopic (exact) mass is 158 g/mol. The van der Waals surface area contributed by atoms with Gasteiger partial charge in [-0.1, -0.05) is 23.8 Å². The zero-order valence-electron chi connectivity index (χ0n) is 5.97. The largest absolute Gasteiger partial charge is 0.384 e. The number of hydrogen-bond acceptors (Lipinski definition) is 1. The molecule has 0 bridgehead atoms. The second-order valence-corrected chi connectivity index (χ2v) is 2.99. The maximum absolute atomic E-state index is 9.53. The van der Waals surface area contributed by atoms with Gasteiger partial charge in [0, 0.05) is 0 Å². The zero-order valence-corrected chi connectivity index (χ0v) is 6.73. The van der Waals surface area contributed by atoms with Crippen molar-refractivity contribution in [2.75, 3.05) is 5.88 Å². The standard InChI is InChI=1S/C8H11ClO/c1-7-2-4-8(10,6-9)5-3-7/h2-4,10H,5-6H2,1H3. The Labute approximate surface area is 66.0 Å². The van der Waals surface area contributed by atoms with Gasteiger partial charge < -0.3 is 5.11 Å². The lowest BCUT2D eigenvalue weighted by Crippen LogP contribution is -2.28. The van der Waals surface area contributed by atoms with Crippen molar-refractivity contribution in [1.82, 2.24) is 0 Å². The summed E-state index contributed by atoms with van der Waals surface area (Å²) in [5.41, 5.74) is 0.399. The van der Waals surface area contributed by atoms with Crippen LogP contribution >= 0.6 is 11.6 Å². The van der Waals surface area contributed by atoms with E-state index in [9.17, 15) is 5.11 Å². The van der Waals surface area contributed by atoms with E-state index in [-0.39, 0.29) is 5.88 Å². The van der Waals surface area contributed by atoms with Crippen molar-refractivity contribution in [3.8, 4) is 0 Å². The fourth-order valence-corrected chi connectivity index (χ4v) is 1.06. The second-order valence-electron chi connectivity index (χ2n) is 2.72. The second kappa shape index (κ2) is 2.77. The number of aliphatic hydroxyl groups is 1. The molecule has 0 aromatic rings. The Morgan fingerprint density at radius 3 is 2.90 bits per heavy atom. The Balaban J connectivity index is 2.67. The van der Waals surface area contributed by atoms with E-state index in [1.54, 1.807) is 6.08 Å². The van der Waals surface area contributed by atoms with Crippen LogP contribution in [0, 0.1) is 0 Å². The van der Waals surface area contributed by atoms with Gasteiger partial charge >= 0.3 is 0 Å². The molecule has 10 heavy (non-hydrogen) atoms. The molecule has 0 fully saturated rings. The predicted octanol–water partition coefficient (Wildman–Crippen LogP) is 1.86. The Morgan fingerprint density at radius 1 is 1.80 bits per heavy atom. The third-order valence-corrected chi connectivity index (χ3v) is 2.13. The van der Waals surface area contributed by atoms with Crippen LogP contribution in [0.4, 0.5) is 0 Å². The Morgan fingerprint density at radius 2 is 2.50 bits per heavy atom. The smallest absolute Gasteiger partial charge is 0.1000 e. The first-order valence-corrected chi connectivity index (χ1v) is 3.84. The molecular weight excluding hydrogens is 148 g/mol. The van der Waals surface area contributed by atoms with E-state index in [0.29, 0.717) is 6.42 Å². The molecule has 0 aromatic heterocycles. The molecule has 1 aliphatic rings. The summed E-state index contributed by atoms with van der Waals surface area (Å²) in [6.07, 6.45) is 6.28. The van der Waals surface area contributed by atoms with Gasteiger partial charge in [-0.15, -0.1) is 11.6 Å². The minimum Gasteiger partial charge on any atom is -0.384 e. The molecule has 0 heterocycles. The average Bonchev–Trinajstić information content (AvgIpc) is 1.96. The molecule has 1 nitrogen and oxygen atoms in total. The number of allylic oxidation sites excluding steroid dienone is 2. The highest BCUT2D eigenvalue weighted by molar-refractivity contribution is 6.18. The summed E-state index contributed by atoms with van der Waals surface area (Å²) in [5, 5.41) is 9.53. The molecule has 1 rings (SSSR count). The fraction of sp³-hybridized carbons (Fsp3) is 0.500. The van der Waals surface area contributed by atoms with E-state index < -0.39 is 5.60 Å². The highest BCUT2D eigenvalue weighted by atomic mass is 35.5. The van der Waals surface area contributed by atoms with E-state index in [4.69, 9.17) is 11.6 Å². The topological polar surface area (TPSA) is 20.2 Å². The Hall–Kier alpha value is -0.270. The molecule has 1 aliphatic carbocycles. The highest BCUT2D eigenvalue weighted by Gasteiger charge is 2.22.